The van der Waals surface area contributed by atoms with Gasteiger partial charge in [-0.1, -0.05) is 61.5 Å². The number of rotatable bonds is 4. The van der Waals surface area contributed by atoms with E-state index >= 15 is 0 Å². The largest absolute Gasteiger partial charge is 0.397 e. The lowest BCUT2D eigenvalue weighted by atomic mass is 9.94. The van der Waals surface area contributed by atoms with E-state index in [-0.39, 0.29) is 5.92 Å². The standard InChI is InChI=1S/C25H26N6/c1-18(19-7-3-2-4-8-19)24-21-9-5-6-10-22(21)25(29-28-24)31-15-13-30(14-16-31)23-12-11-20(26)17-27-23/h2-12,17-18H,13-16,26H2,1H3. The van der Waals surface area contributed by atoms with Gasteiger partial charge in [0.25, 0.3) is 0 Å². The summed E-state index contributed by atoms with van der Waals surface area (Å²) in [5.41, 5.74) is 8.73. The molecular formula is C25H26N6. The molecule has 5 rings (SSSR count). The second kappa shape index (κ2) is 8.22. The predicted molar refractivity (Wildman–Crippen MR) is 127 cm³/mol. The van der Waals surface area contributed by atoms with Gasteiger partial charge in [0.2, 0.25) is 0 Å². The van der Waals surface area contributed by atoms with Crippen LogP contribution in [0.3, 0.4) is 0 Å². The molecule has 6 heteroatoms. The van der Waals surface area contributed by atoms with Crippen LogP contribution in [0.2, 0.25) is 0 Å². The van der Waals surface area contributed by atoms with Crippen molar-refractivity contribution in [3.05, 3.63) is 84.2 Å². The normalized spacial score (nSPS) is 15.3. The Morgan fingerprint density at radius 1 is 0.774 bits per heavy atom. The Bertz CT molecular complexity index is 1170. The van der Waals surface area contributed by atoms with Gasteiger partial charge in [-0.3, -0.25) is 0 Å². The summed E-state index contributed by atoms with van der Waals surface area (Å²) in [5.74, 6) is 2.11. The van der Waals surface area contributed by atoms with E-state index in [0.29, 0.717) is 5.69 Å². The lowest BCUT2D eigenvalue weighted by Gasteiger charge is -2.36. The highest BCUT2D eigenvalue weighted by Gasteiger charge is 2.23. The molecule has 2 aromatic heterocycles. The maximum atomic E-state index is 5.77. The van der Waals surface area contributed by atoms with Gasteiger partial charge in [-0.15, -0.1) is 5.10 Å². The first-order valence-corrected chi connectivity index (χ1v) is 10.7. The van der Waals surface area contributed by atoms with E-state index in [1.165, 1.54) is 10.9 Å². The Labute approximate surface area is 182 Å². The van der Waals surface area contributed by atoms with Gasteiger partial charge in [0.05, 0.1) is 17.6 Å². The van der Waals surface area contributed by atoms with E-state index in [2.05, 4.69) is 70.2 Å². The second-order valence-corrected chi connectivity index (χ2v) is 8.01. The molecule has 1 unspecified atom stereocenters. The van der Waals surface area contributed by atoms with Crippen molar-refractivity contribution in [2.24, 2.45) is 0 Å². The number of hydrogen-bond acceptors (Lipinski definition) is 6. The summed E-state index contributed by atoms with van der Waals surface area (Å²) in [6, 6.07) is 22.9. The van der Waals surface area contributed by atoms with Crippen molar-refractivity contribution >= 4 is 28.1 Å². The van der Waals surface area contributed by atoms with Crippen LogP contribution in [0.5, 0.6) is 0 Å². The SMILES string of the molecule is CC(c1ccccc1)c1nnc(N2CCN(c3ccc(N)cn3)CC2)c2ccccc12. The number of nitrogens with zero attached hydrogens (tertiary/aromatic N) is 5. The van der Waals surface area contributed by atoms with E-state index < -0.39 is 0 Å². The number of anilines is 3. The van der Waals surface area contributed by atoms with E-state index in [4.69, 9.17) is 15.9 Å². The van der Waals surface area contributed by atoms with E-state index in [0.717, 1.165) is 48.9 Å². The molecule has 1 aliphatic rings. The summed E-state index contributed by atoms with van der Waals surface area (Å²) in [5, 5.41) is 11.8. The van der Waals surface area contributed by atoms with Gasteiger partial charge in [-0.2, -0.15) is 5.10 Å². The molecule has 1 fully saturated rings. The van der Waals surface area contributed by atoms with Crippen LogP contribution in [0.1, 0.15) is 24.1 Å². The molecule has 0 bridgehead atoms. The summed E-state index contributed by atoms with van der Waals surface area (Å²) in [6.07, 6.45) is 1.72. The molecule has 0 radical (unpaired) electrons. The molecule has 0 saturated carbocycles. The smallest absolute Gasteiger partial charge is 0.159 e. The Balaban J connectivity index is 1.42. The lowest BCUT2D eigenvalue weighted by molar-refractivity contribution is 0.639. The molecule has 156 valence electrons. The van der Waals surface area contributed by atoms with Gasteiger partial charge in [0, 0.05) is 42.9 Å². The second-order valence-electron chi connectivity index (χ2n) is 8.01. The van der Waals surface area contributed by atoms with Crippen molar-refractivity contribution in [2.75, 3.05) is 41.7 Å². The van der Waals surface area contributed by atoms with Crippen molar-refractivity contribution in [1.29, 1.82) is 0 Å². The van der Waals surface area contributed by atoms with Crippen molar-refractivity contribution in [2.45, 2.75) is 12.8 Å². The van der Waals surface area contributed by atoms with E-state index in [9.17, 15) is 0 Å². The van der Waals surface area contributed by atoms with Gasteiger partial charge < -0.3 is 15.5 Å². The predicted octanol–water partition coefficient (Wildman–Crippen LogP) is 4.09. The van der Waals surface area contributed by atoms with Crippen molar-refractivity contribution in [3.63, 3.8) is 0 Å². The minimum absolute atomic E-state index is 0.182. The number of fused-ring (bicyclic) bond motifs is 1. The van der Waals surface area contributed by atoms with Crippen LogP contribution in [0.25, 0.3) is 10.8 Å². The van der Waals surface area contributed by atoms with E-state index in [1.807, 2.05) is 18.2 Å². The summed E-state index contributed by atoms with van der Waals surface area (Å²) in [4.78, 5) is 9.09. The Kier molecular flexibility index (Phi) is 5.12. The van der Waals surface area contributed by atoms with Crippen molar-refractivity contribution in [1.82, 2.24) is 15.2 Å². The Morgan fingerprint density at radius 2 is 1.45 bits per heavy atom. The fourth-order valence-corrected chi connectivity index (χ4v) is 4.30. The van der Waals surface area contributed by atoms with Gasteiger partial charge in [0.15, 0.2) is 5.82 Å². The summed E-state index contributed by atoms with van der Waals surface area (Å²) < 4.78 is 0. The molecule has 2 N–H and O–H groups in total. The summed E-state index contributed by atoms with van der Waals surface area (Å²) in [6.45, 7) is 5.71. The van der Waals surface area contributed by atoms with Crippen LogP contribution in [-0.2, 0) is 0 Å². The fourth-order valence-electron chi connectivity index (χ4n) is 4.30. The molecule has 31 heavy (non-hydrogen) atoms. The number of nitrogens with two attached hydrogens (primary N) is 1. The van der Waals surface area contributed by atoms with Gasteiger partial charge in [0.1, 0.15) is 5.82 Å². The molecule has 0 aliphatic carbocycles. The van der Waals surface area contributed by atoms with Crippen LogP contribution in [0, 0.1) is 0 Å². The molecule has 1 saturated heterocycles. The Morgan fingerprint density at radius 3 is 2.16 bits per heavy atom. The molecule has 1 aliphatic heterocycles. The quantitative estimate of drug-likeness (QED) is 0.546. The fraction of sp³-hybridized carbons (Fsp3) is 0.240. The molecule has 4 aromatic rings. The molecule has 0 amide bonds. The number of piperazine rings is 1. The topological polar surface area (TPSA) is 71.2 Å². The molecule has 3 heterocycles. The first-order chi connectivity index (χ1) is 15.2. The number of benzene rings is 2. The monoisotopic (exact) mass is 410 g/mol. The molecule has 2 aromatic carbocycles. The van der Waals surface area contributed by atoms with Gasteiger partial charge >= 0.3 is 0 Å². The zero-order valence-corrected chi connectivity index (χ0v) is 17.6. The maximum Gasteiger partial charge on any atom is 0.159 e. The lowest BCUT2D eigenvalue weighted by Crippen LogP contribution is -2.47. The summed E-state index contributed by atoms with van der Waals surface area (Å²) >= 11 is 0. The highest BCUT2D eigenvalue weighted by molar-refractivity contribution is 5.94. The summed E-state index contributed by atoms with van der Waals surface area (Å²) in [7, 11) is 0. The molecule has 0 spiro atoms. The zero-order chi connectivity index (χ0) is 21.2. The number of nitrogen functional groups attached to an aromatic ring is 1. The first kappa shape index (κ1) is 19.3. The third-order valence-electron chi connectivity index (χ3n) is 6.08. The van der Waals surface area contributed by atoms with Gasteiger partial charge in [-0.05, 0) is 17.7 Å². The van der Waals surface area contributed by atoms with Crippen LogP contribution >= 0.6 is 0 Å². The van der Waals surface area contributed by atoms with Crippen LogP contribution in [-0.4, -0.2) is 41.4 Å². The minimum atomic E-state index is 0.182. The van der Waals surface area contributed by atoms with E-state index in [1.54, 1.807) is 6.20 Å². The van der Waals surface area contributed by atoms with Crippen LogP contribution < -0.4 is 15.5 Å². The first-order valence-electron chi connectivity index (χ1n) is 10.7. The third kappa shape index (κ3) is 3.77. The molecule has 1 atom stereocenters. The van der Waals surface area contributed by atoms with Crippen molar-refractivity contribution in [3.8, 4) is 0 Å². The van der Waals surface area contributed by atoms with Crippen LogP contribution in [0.4, 0.5) is 17.3 Å². The number of aromatic nitrogens is 3. The maximum absolute atomic E-state index is 5.77. The Hall–Kier alpha value is -3.67. The average Bonchev–Trinajstić information content (AvgIpc) is 2.84. The zero-order valence-electron chi connectivity index (χ0n) is 17.6. The number of hydrogen-bond donors (Lipinski definition) is 1. The van der Waals surface area contributed by atoms with Crippen LogP contribution in [0.15, 0.2) is 72.9 Å². The minimum Gasteiger partial charge on any atom is -0.397 e. The van der Waals surface area contributed by atoms with Gasteiger partial charge in [-0.25, -0.2) is 4.98 Å². The van der Waals surface area contributed by atoms with Crippen molar-refractivity contribution < 1.29 is 0 Å². The average molecular weight is 411 g/mol. The highest BCUT2D eigenvalue weighted by Crippen LogP contribution is 2.32. The molecular weight excluding hydrogens is 384 g/mol. The number of pyridine rings is 1. The third-order valence-corrected chi connectivity index (χ3v) is 6.08. The highest BCUT2D eigenvalue weighted by atomic mass is 15.3. The molecule has 6 nitrogen and oxygen atoms in total.